The molecular weight excluding hydrogens is 466 g/mol. The fraction of sp³-hybridized carbons (Fsp3) is 0.375. The number of tetrazole rings is 1. The van der Waals surface area contributed by atoms with Crippen molar-refractivity contribution in [3.8, 4) is 5.75 Å². The van der Waals surface area contributed by atoms with Gasteiger partial charge < -0.3 is 15.0 Å². The lowest BCUT2D eigenvalue weighted by molar-refractivity contribution is -0.113. The Hall–Kier alpha value is -3.44. The molecule has 1 fully saturated rings. The van der Waals surface area contributed by atoms with Gasteiger partial charge in [0.25, 0.3) is 5.91 Å². The molecule has 0 radical (unpaired) electrons. The maximum atomic E-state index is 13.0. The topological polar surface area (TPSA) is 105 Å². The molecule has 1 aromatic heterocycles. The third-order valence-electron chi connectivity index (χ3n) is 6.15. The van der Waals surface area contributed by atoms with Crippen LogP contribution in [0.5, 0.6) is 5.75 Å². The number of thioether (sulfide) groups is 1. The molecule has 0 atom stereocenters. The lowest BCUT2D eigenvalue weighted by Crippen LogP contribution is -2.48. The van der Waals surface area contributed by atoms with Crippen molar-refractivity contribution < 1.29 is 14.3 Å². The minimum atomic E-state index is -0.163. The largest absolute Gasteiger partial charge is 0.493 e. The van der Waals surface area contributed by atoms with E-state index in [-0.39, 0.29) is 17.6 Å². The fourth-order valence-corrected chi connectivity index (χ4v) is 4.90. The summed E-state index contributed by atoms with van der Waals surface area (Å²) in [5, 5.41) is 14.5. The van der Waals surface area contributed by atoms with Crippen molar-refractivity contribution in [1.29, 1.82) is 0 Å². The smallest absolute Gasteiger partial charge is 0.253 e. The second-order valence-corrected chi connectivity index (χ2v) is 9.55. The van der Waals surface area contributed by atoms with Crippen molar-refractivity contribution in [3.63, 3.8) is 0 Å². The first-order valence-electron chi connectivity index (χ1n) is 11.6. The SMILES string of the molecule is Cn1nnnc1SCC(=O)Nc1ccc(C(=O)N2CCN(Cc3ccc4c(c3)CCO4)CC2)cc1. The van der Waals surface area contributed by atoms with Gasteiger partial charge in [0.2, 0.25) is 11.1 Å². The Morgan fingerprint density at radius 1 is 1.09 bits per heavy atom. The third kappa shape index (κ3) is 5.63. The number of ether oxygens (including phenoxy) is 1. The van der Waals surface area contributed by atoms with E-state index >= 15 is 0 Å². The van der Waals surface area contributed by atoms with Gasteiger partial charge in [0.15, 0.2) is 0 Å². The normalized spacial score (nSPS) is 15.5. The molecule has 2 aliphatic rings. The van der Waals surface area contributed by atoms with Crippen molar-refractivity contribution >= 4 is 29.3 Å². The van der Waals surface area contributed by atoms with Gasteiger partial charge >= 0.3 is 0 Å². The van der Waals surface area contributed by atoms with E-state index in [2.05, 4.69) is 43.9 Å². The molecule has 2 amide bonds. The van der Waals surface area contributed by atoms with E-state index in [1.807, 2.05) is 4.90 Å². The number of piperazine rings is 1. The van der Waals surface area contributed by atoms with Gasteiger partial charge in [-0.25, -0.2) is 4.68 Å². The van der Waals surface area contributed by atoms with Crippen LogP contribution in [0.2, 0.25) is 0 Å². The molecule has 3 heterocycles. The molecule has 0 spiro atoms. The van der Waals surface area contributed by atoms with Crippen LogP contribution in [0.4, 0.5) is 5.69 Å². The number of aromatic nitrogens is 4. The highest BCUT2D eigenvalue weighted by molar-refractivity contribution is 7.99. The molecule has 10 nitrogen and oxygen atoms in total. The van der Waals surface area contributed by atoms with Crippen LogP contribution < -0.4 is 10.1 Å². The van der Waals surface area contributed by atoms with Crippen LogP contribution in [0.1, 0.15) is 21.5 Å². The van der Waals surface area contributed by atoms with Gasteiger partial charge in [-0.3, -0.25) is 14.5 Å². The number of nitrogens with one attached hydrogen (secondary N) is 1. The standard InChI is InChI=1S/C24H27N7O3S/c1-29-24(26-27-28-29)35-16-22(32)25-20-5-3-18(4-6-20)23(33)31-11-9-30(10-12-31)15-17-2-7-21-19(14-17)8-13-34-21/h2-7,14H,8-13,15-16H2,1H3,(H,25,32). The molecule has 2 aliphatic heterocycles. The van der Waals surface area contributed by atoms with Gasteiger partial charge in [0.05, 0.1) is 12.4 Å². The molecule has 35 heavy (non-hydrogen) atoms. The van der Waals surface area contributed by atoms with Crippen molar-refractivity contribution in [2.75, 3.05) is 43.9 Å². The molecule has 182 valence electrons. The minimum Gasteiger partial charge on any atom is -0.493 e. The predicted octanol–water partition coefficient (Wildman–Crippen LogP) is 1.83. The minimum absolute atomic E-state index is 0.0162. The summed E-state index contributed by atoms with van der Waals surface area (Å²) in [4.78, 5) is 29.5. The Morgan fingerprint density at radius 2 is 1.89 bits per heavy atom. The molecule has 0 aliphatic carbocycles. The van der Waals surface area contributed by atoms with Crippen LogP contribution in [-0.2, 0) is 24.8 Å². The molecule has 11 heteroatoms. The van der Waals surface area contributed by atoms with Gasteiger partial charge in [-0.1, -0.05) is 23.9 Å². The second-order valence-electron chi connectivity index (χ2n) is 8.61. The number of benzene rings is 2. The zero-order valence-corrected chi connectivity index (χ0v) is 20.3. The highest BCUT2D eigenvalue weighted by Gasteiger charge is 2.23. The maximum absolute atomic E-state index is 13.0. The number of anilines is 1. The first-order chi connectivity index (χ1) is 17.0. The monoisotopic (exact) mass is 493 g/mol. The zero-order valence-electron chi connectivity index (χ0n) is 19.5. The summed E-state index contributed by atoms with van der Waals surface area (Å²) in [7, 11) is 1.72. The van der Waals surface area contributed by atoms with Crippen molar-refractivity contribution in [2.45, 2.75) is 18.1 Å². The molecule has 1 saturated heterocycles. The first kappa shape index (κ1) is 23.3. The quantitative estimate of drug-likeness (QED) is 0.497. The zero-order chi connectivity index (χ0) is 24.2. The van der Waals surface area contributed by atoms with Crippen LogP contribution in [0, 0.1) is 0 Å². The summed E-state index contributed by atoms with van der Waals surface area (Å²) in [6, 6.07) is 13.5. The Bertz CT molecular complexity index is 1210. The number of amides is 2. The fourth-order valence-electron chi connectivity index (χ4n) is 4.25. The summed E-state index contributed by atoms with van der Waals surface area (Å²) in [6.07, 6.45) is 0.980. The third-order valence-corrected chi connectivity index (χ3v) is 7.16. The van der Waals surface area contributed by atoms with E-state index in [0.717, 1.165) is 38.4 Å². The van der Waals surface area contributed by atoms with Gasteiger partial charge in [-0.15, -0.1) is 5.10 Å². The number of fused-ring (bicyclic) bond motifs is 1. The lowest BCUT2D eigenvalue weighted by atomic mass is 10.1. The molecule has 2 aromatic carbocycles. The van der Waals surface area contributed by atoms with Gasteiger partial charge in [0, 0.05) is 57.4 Å². The molecule has 1 N–H and O–H groups in total. The maximum Gasteiger partial charge on any atom is 0.253 e. The van der Waals surface area contributed by atoms with Crippen LogP contribution in [0.15, 0.2) is 47.6 Å². The number of hydrogen-bond acceptors (Lipinski definition) is 8. The van der Waals surface area contributed by atoms with Crippen molar-refractivity contribution in [1.82, 2.24) is 30.0 Å². The Morgan fingerprint density at radius 3 is 2.63 bits per heavy atom. The van der Waals surface area contributed by atoms with Crippen LogP contribution in [0.25, 0.3) is 0 Å². The van der Waals surface area contributed by atoms with E-state index in [4.69, 9.17) is 4.74 Å². The molecular formula is C24H27N7O3S. The number of carbonyl (C=O) groups excluding carboxylic acids is 2. The molecule has 5 rings (SSSR count). The molecule has 3 aromatic rings. The van der Waals surface area contributed by atoms with Gasteiger partial charge in [0.1, 0.15) is 5.75 Å². The second kappa shape index (κ2) is 10.4. The summed E-state index contributed by atoms with van der Waals surface area (Å²) in [6.45, 7) is 4.72. The number of rotatable bonds is 7. The van der Waals surface area contributed by atoms with Gasteiger partial charge in [-0.05, 0) is 51.9 Å². The number of carbonyl (C=O) groups is 2. The summed E-state index contributed by atoms with van der Waals surface area (Å²) in [5.74, 6) is 1.05. The van der Waals surface area contributed by atoms with Gasteiger partial charge in [-0.2, -0.15) is 0 Å². The van der Waals surface area contributed by atoms with Crippen molar-refractivity contribution in [2.24, 2.45) is 7.05 Å². The first-order valence-corrected chi connectivity index (χ1v) is 12.5. The Kier molecular flexibility index (Phi) is 6.96. The highest BCUT2D eigenvalue weighted by Crippen LogP contribution is 2.26. The van der Waals surface area contributed by atoms with Crippen molar-refractivity contribution in [3.05, 3.63) is 59.2 Å². The molecule has 0 bridgehead atoms. The lowest BCUT2D eigenvalue weighted by Gasteiger charge is -2.35. The summed E-state index contributed by atoms with van der Waals surface area (Å²) < 4.78 is 7.11. The van der Waals surface area contributed by atoms with Crippen LogP contribution >= 0.6 is 11.8 Å². The summed E-state index contributed by atoms with van der Waals surface area (Å²) in [5.41, 5.74) is 3.85. The Balaban J connectivity index is 1.08. The highest BCUT2D eigenvalue weighted by atomic mass is 32.2. The van der Waals surface area contributed by atoms with Crippen LogP contribution in [0.3, 0.4) is 0 Å². The van der Waals surface area contributed by atoms with E-state index in [1.165, 1.54) is 27.6 Å². The Labute approximate surface area is 207 Å². The molecule has 0 unspecified atom stereocenters. The average Bonchev–Trinajstić information content (AvgIpc) is 3.51. The number of aryl methyl sites for hydroxylation is 1. The van der Waals surface area contributed by atoms with E-state index in [1.54, 1.807) is 31.3 Å². The molecule has 0 saturated carbocycles. The average molecular weight is 494 g/mol. The van der Waals surface area contributed by atoms with E-state index in [0.29, 0.717) is 29.5 Å². The van der Waals surface area contributed by atoms with Crippen LogP contribution in [-0.4, -0.2) is 80.4 Å². The van der Waals surface area contributed by atoms with E-state index < -0.39 is 0 Å². The number of hydrogen-bond donors (Lipinski definition) is 1. The number of nitrogens with zero attached hydrogens (tertiary/aromatic N) is 6. The predicted molar refractivity (Wildman–Crippen MR) is 131 cm³/mol. The van der Waals surface area contributed by atoms with E-state index in [9.17, 15) is 9.59 Å². The summed E-state index contributed by atoms with van der Waals surface area (Å²) >= 11 is 1.26.